The van der Waals surface area contributed by atoms with Gasteiger partial charge in [0, 0.05) is 13.0 Å². The zero-order chi connectivity index (χ0) is 19.0. The number of phenolic OH excluding ortho intramolecular Hbond substituents is 1. The highest BCUT2D eigenvalue weighted by Gasteiger charge is 2.40. The molecule has 5 nitrogen and oxygen atoms in total. The molecule has 1 heterocycles. The van der Waals surface area contributed by atoms with E-state index in [-0.39, 0.29) is 29.8 Å². The van der Waals surface area contributed by atoms with Crippen LogP contribution in [0.3, 0.4) is 0 Å². The van der Waals surface area contributed by atoms with Gasteiger partial charge in [0.2, 0.25) is 11.8 Å². The number of carbonyl (C=O) groups is 2. The van der Waals surface area contributed by atoms with E-state index in [4.69, 9.17) is 0 Å². The Kier molecular flexibility index (Phi) is 5.02. The zero-order valence-electron chi connectivity index (χ0n) is 14.3. The number of phenols is 1. The Hall–Kier alpha value is -2.25. The van der Waals surface area contributed by atoms with E-state index >= 15 is 0 Å². The Morgan fingerprint density at radius 3 is 2.52 bits per heavy atom. The van der Waals surface area contributed by atoms with Crippen LogP contribution in [0.4, 0.5) is 18.9 Å². The molecular weight excluding hydrogens is 337 g/mol. The summed E-state index contributed by atoms with van der Waals surface area (Å²) in [6.45, 7) is 4.26. The van der Waals surface area contributed by atoms with Gasteiger partial charge in [-0.25, -0.2) is 0 Å². The third kappa shape index (κ3) is 4.87. The Morgan fingerprint density at radius 1 is 1.32 bits per heavy atom. The quantitative estimate of drug-likeness (QED) is 0.816. The molecule has 1 aliphatic rings. The van der Waals surface area contributed by atoms with E-state index in [0.717, 1.165) is 5.56 Å². The van der Waals surface area contributed by atoms with Crippen LogP contribution in [0.1, 0.15) is 32.8 Å². The summed E-state index contributed by atoms with van der Waals surface area (Å²) in [6, 6.07) is 4.80. The number of alkyl halides is 3. The van der Waals surface area contributed by atoms with Crippen LogP contribution in [0.15, 0.2) is 18.2 Å². The summed E-state index contributed by atoms with van der Waals surface area (Å²) >= 11 is 0. The van der Waals surface area contributed by atoms with Gasteiger partial charge in [0.1, 0.15) is 12.3 Å². The fraction of sp³-hybridized carbons (Fsp3) is 0.529. The smallest absolute Gasteiger partial charge is 0.406 e. The Morgan fingerprint density at radius 2 is 1.96 bits per heavy atom. The van der Waals surface area contributed by atoms with E-state index in [1.807, 2.05) is 20.8 Å². The molecule has 2 N–H and O–H groups in total. The zero-order valence-corrected chi connectivity index (χ0v) is 14.3. The summed E-state index contributed by atoms with van der Waals surface area (Å²) in [7, 11) is 0. The number of rotatable bonds is 3. The predicted octanol–water partition coefficient (Wildman–Crippen LogP) is 3.04. The lowest BCUT2D eigenvalue weighted by Crippen LogP contribution is -2.36. The highest BCUT2D eigenvalue weighted by molar-refractivity contribution is 5.98. The molecule has 0 saturated carbocycles. The number of likely N-dealkylation sites (tertiary alicyclic amines) is 1. The van der Waals surface area contributed by atoms with Crippen molar-refractivity contribution < 1.29 is 27.9 Å². The van der Waals surface area contributed by atoms with E-state index in [0.29, 0.717) is 4.90 Å². The molecule has 2 amide bonds. The second kappa shape index (κ2) is 6.57. The van der Waals surface area contributed by atoms with Crippen molar-refractivity contribution in [3.63, 3.8) is 0 Å². The fourth-order valence-corrected chi connectivity index (χ4v) is 2.65. The number of carbonyl (C=O) groups excluding carboxylic acids is 2. The molecule has 8 heteroatoms. The highest BCUT2D eigenvalue weighted by atomic mass is 19.4. The van der Waals surface area contributed by atoms with Crippen LogP contribution in [-0.2, 0) is 15.0 Å². The summed E-state index contributed by atoms with van der Waals surface area (Å²) in [5, 5.41) is 12.4. The van der Waals surface area contributed by atoms with Crippen LogP contribution < -0.4 is 5.32 Å². The Labute approximate surface area is 143 Å². The lowest BCUT2D eigenvalue weighted by Gasteiger charge is -2.21. The number of nitrogens with one attached hydrogen (secondary N) is 1. The van der Waals surface area contributed by atoms with Crippen molar-refractivity contribution in [3.8, 4) is 5.75 Å². The Bertz CT molecular complexity index is 681. The van der Waals surface area contributed by atoms with Gasteiger partial charge in [-0.05, 0) is 23.1 Å². The molecule has 1 fully saturated rings. The van der Waals surface area contributed by atoms with Gasteiger partial charge >= 0.3 is 6.18 Å². The first-order chi connectivity index (χ1) is 11.4. The number of nitrogens with zero attached hydrogens (tertiary/aromatic N) is 1. The van der Waals surface area contributed by atoms with Crippen molar-refractivity contribution in [3.05, 3.63) is 23.8 Å². The second-order valence-corrected chi connectivity index (χ2v) is 7.26. The molecule has 0 aliphatic carbocycles. The van der Waals surface area contributed by atoms with Crippen molar-refractivity contribution in [1.29, 1.82) is 0 Å². The molecule has 1 saturated heterocycles. The third-order valence-corrected chi connectivity index (χ3v) is 4.08. The molecule has 1 aromatic rings. The van der Waals surface area contributed by atoms with Crippen LogP contribution >= 0.6 is 0 Å². The number of aromatic hydroxyl groups is 1. The standard InChI is InChI=1S/C17H21F3N2O3/c1-16(2,3)11-4-5-13(23)12(7-11)21-15(25)10-6-14(24)22(8-10)9-17(18,19)20/h4-5,7,10,23H,6,8-9H2,1-3H3,(H,21,25). The maximum Gasteiger partial charge on any atom is 0.406 e. The van der Waals surface area contributed by atoms with Crippen LogP contribution in [0.2, 0.25) is 0 Å². The van der Waals surface area contributed by atoms with Crippen molar-refractivity contribution in [2.45, 2.75) is 38.8 Å². The highest BCUT2D eigenvalue weighted by Crippen LogP contribution is 2.32. The van der Waals surface area contributed by atoms with Crippen LogP contribution in [0, 0.1) is 5.92 Å². The number of amides is 2. The SMILES string of the molecule is CC(C)(C)c1ccc(O)c(NC(=O)C2CC(=O)N(CC(F)(F)F)C2)c1. The lowest BCUT2D eigenvalue weighted by molar-refractivity contribution is -0.157. The van der Waals surface area contributed by atoms with Crippen LogP contribution in [-0.4, -0.2) is 41.1 Å². The van der Waals surface area contributed by atoms with E-state index in [9.17, 15) is 27.9 Å². The first-order valence-corrected chi connectivity index (χ1v) is 7.86. The van der Waals surface area contributed by atoms with Gasteiger partial charge in [-0.2, -0.15) is 13.2 Å². The van der Waals surface area contributed by atoms with E-state index in [1.165, 1.54) is 6.07 Å². The van der Waals surface area contributed by atoms with Crippen molar-refractivity contribution in [2.75, 3.05) is 18.4 Å². The maximum absolute atomic E-state index is 12.4. The summed E-state index contributed by atoms with van der Waals surface area (Å²) in [4.78, 5) is 24.6. The molecule has 0 aromatic heterocycles. The molecule has 1 unspecified atom stereocenters. The lowest BCUT2D eigenvalue weighted by atomic mass is 9.87. The van der Waals surface area contributed by atoms with Gasteiger partial charge in [0.25, 0.3) is 0 Å². The second-order valence-electron chi connectivity index (χ2n) is 7.26. The molecule has 1 aliphatic heterocycles. The molecule has 25 heavy (non-hydrogen) atoms. The Balaban J connectivity index is 2.09. The van der Waals surface area contributed by atoms with Crippen LogP contribution in [0.25, 0.3) is 0 Å². The average Bonchev–Trinajstić information content (AvgIpc) is 2.79. The number of halogens is 3. The summed E-state index contributed by atoms with van der Waals surface area (Å²) in [5.74, 6) is -2.31. The summed E-state index contributed by atoms with van der Waals surface area (Å²) in [6.07, 6.45) is -4.78. The van der Waals surface area contributed by atoms with Crippen molar-refractivity contribution >= 4 is 17.5 Å². The summed E-state index contributed by atoms with van der Waals surface area (Å²) in [5.41, 5.74) is 0.848. The normalized spacial score (nSPS) is 18.6. The number of hydrogen-bond donors (Lipinski definition) is 2. The van der Waals surface area contributed by atoms with E-state index < -0.39 is 30.5 Å². The minimum atomic E-state index is -4.50. The van der Waals surface area contributed by atoms with Gasteiger partial charge in [0.05, 0.1) is 11.6 Å². The van der Waals surface area contributed by atoms with Gasteiger partial charge < -0.3 is 15.3 Å². The van der Waals surface area contributed by atoms with Gasteiger partial charge in [-0.1, -0.05) is 26.8 Å². The monoisotopic (exact) mass is 358 g/mol. The maximum atomic E-state index is 12.4. The fourth-order valence-electron chi connectivity index (χ4n) is 2.65. The summed E-state index contributed by atoms with van der Waals surface area (Å²) < 4.78 is 37.3. The van der Waals surface area contributed by atoms with Crippen molar-refractivity contribution in [2.24, 2.45) is 5.92 Å². The third-order valence-electron chi connectivity index (χ3n) is 4.08. The molecule has 1 aromatic carbocycles. The largest absolute Gasteiger partial charge is 0.506 e. The average molecular weight is 358 g/mol. The van der Waals surface area contributed by atoms with Gasteiger partial charge in [-0.3, -0.25) is 9.59 Å². The minimum Gasteiger partial charge on any atom is -0.506 e. The molecule has 0 bridgehead atoms. The first kappa shape index (κ1) is 19.1. The number of hydrogen-bond acceptors (Lipinski definition) is 3. The molecule has 0 spiro atoms. The molecule has 0 radical (unpaired) electrons. The topological polar surface area (TPSA) is 69.6 Å². The minimum absolute atomic E-state index is 0.141. The molecule has 138 valence electrons. The van der Waals surface area contributed by atoms with E-state index in [2.05, 4.69) is 5.32 Å². The first-order valence-electron chi connectivity index (χ1n) is 7.86. The van der Waals surface area contributed by atoms with Crippen molar-refractivity contribution in [1.82, 2.24) is 4.90 Å². The molecule has 1 atom stereocenters. The number of benzene rings is 1. The van der Waals surface area contributed by atoms with Gasteiger partial charge in [0.15, 0.2) is 0 Å². The number of anilines is 1. The van der Waals surface area contributed by atoms with Gasteiger partial charge in [-0.15, -0.1) is 0 Å². The predicted molar refractivity (Wildman–Crippen MR) is 86.2 cm³/mol. The molecular formula is C17H21F3N2O3. The van der Waals surface area contributed by atoms with Crippen LogP contribution in [0.5, 0.6) is 5.75 Å². The molecule has 2 rings (SSSR count). The van der Waals surface area contributed by atoms with E-state index in [1.54, 1.807) is 12.1 Å².